The van der Waals surface area contributed by atoms with Gasteiger partial charge in [-0.05, 0) is 48.0 Å². The van der Waals surface area contributed by atoms with E-state index in [0.717, 1.165) is 11.1 Å². The van der Waals surface area contributed by atoms with Crippen molar-refractivity contribution < 1.29 is 19.1 Å². The average molecular weight is 430 g/mol. The van der Waals surface area contributed by atoms with Crippen LogP contribution < -0.4 is 11.1 Å². The van der Waals surface area contributed by atoms with Crippen LogP contribution in [0.25, 0.3) is 11.1 Å². The molecule has 8 heteroatoms. The first-order chi connectivity index (χ1) is 15.5. The number of carbonyl (C=O) groups excluding carboxylic acids is 3. The predicted octanol–water partition coefficient (Wildman–Crippen LogP) is 2.57. The van der Waals surface area contributed by atoms with Gasteiger partial charge in [0.1, 0.15) is 0 Å². The molecule has 3 aromatic rings. The minimum absolute atomic E-state index is 0.0199. The average Bonchev–Trinajstić information content (AvgIpc) is 2.84. The largest absolute Gasteiger partial charge is 0.378 e. The maximum absolute atomic E-state index is 12.6. The molecule has 0 radical (unpaired) electrons. The van der Waals surface area contributed by atoms with Gasteiger partial charge in [0.25, 0.3) is 11.8 Å². The minimum Gasteiger partial charge on any atom is -0.378 e. The van der Waals surface area contributed by atoms with Crippen LogP contribution in [0, 0.1) is 0 Å². The number of carbonyl (C=O) groups is 3. The van der Waals surface area contributed by atoms with Crippen LogP contribution in [0.1, 0.15) is 31.1 Å². The van der Waals surface area contributed by atoms with Crippen LogP contribution in [0.2, 0.25) is 0 Å². The molecule has 0 saturated carbocycles. The number of primary amides is 1. The van der Waals surface area contributed by atoms with Crippen LogP contribution in [0.15, 0.2) is 67.0 Å². The van der Waals surface area contributed by atoms with Gasteiger partial charge in [0, 0.05) is 47.9 Å². The van der Waals surface area contributed by atoms with Crippen LogP contribution >= 0.6 is 0 Å². The summed E-state index contributed by atoms with van der Waals surface area (Å²) in [5.41, 5.74) is 8.73. The third kappa shape index (κ3) is 4.81. The number of benzene rings is 2. The number of hydrogen-bond donors (Lipinski definition) is 2. The third-order valence-electron chi connectivity index (χ3n) is 5.19. The van der Waals surface area contributed by atoms with Crippen LogP contribution in [0.5, 0.6) is 0 Å². The number of nitrogens with zero attached hydrogens (tertiary/aromatic N) is 2. The number of amides is 3. The van der Waals surface area contributed by atoms with Crippen molar-refractivity contribution in [2.24, 2.45) is 5.73 Å². The van der Waals surface area contributed by atoms with Crippen molar-refractivity contribution in [3.8, 4) is 11.1 Å². The molecule has 1 saturated heterocycles. The van der Waals surface area contributed by atoms with Crippen molar-refractivity contribution in [1.29, 1.82) is 0 Å². The molecule has 32 heavy (non-hydrogen) atoms. The van der Waals surface area contributed by atoms with Crippen molar-refractivity contribution in [2.75, 3.05) is 31.6 Å². The summed E-state index contributed by atoms with van der Waals surface area (Å²) >= 11 is 0. The van der Waals surface area contributed by atoms with Gasteiger partial charge in [-0.25, -0.2) is 0 Å². The second-order valence-corrected chi connectivity index (χ2v) is 7.34. The molecule has 3 N–H and O–H groups in total. The lowest BCUT2D eigenvalue weighted by atomic mass is 10.0. The minimum atomic E-state index is -0.530. The SMILES string of the molecule is NC(=O)c1ccc(NC(=O)c2cncc(-c3ccc(C(=O)N4CCOCC4)cc3)c2)cc1. The normalized spacial score (nSPS) is 13.4. The highest BCUT2D eigenvalue weighted by atomic mass is 16.5. The lowest BCUT2D eigenvalue weighted by molar-refractivity contribution is 0.0303. The summed E-state index contributed by atoms with van der Waals surface area (Å²) in [6.45, 7) is 2.29. The Balaban J connectivity index is 1.46. The first-order valence-corrected chi connectivity index (χ1v) is 10.1. The number of aromatic nitrogens is 1. The summed E-state index contributed by atoms with van der Waals surface area (Å²) in [7, 11) is 0. The first kappa shape index (κ1) is 21.2. The summed E-state index contributed by atoms with van der Waals surface area (Å²) < 4.78 is 5.29. The van der Waals surface area contributed by atoms with E-state index in [-0.39, 0.29) is 11.8 Å². The molecular weight excluding hydrogens is 408 g/mol. The zero-order valence-corrected chi connectivity index (χ0v) is 17.3. The Hall–Kier alpha value is -4.04. The molecule has 3 amide bonds. The molecule has 1 aliphatic rings. The number of nitrogens with one attached hydrogen (secondary N) is 1. The number of nitrogens with two attached hydrogens (primary N) is 1. The second kappa shape index (κ2) is 9.40. The van der Waals surface area contributed by atoms with Gasteiger partial charge < -0.3 is 20.7 Å². The van der Waals surface area contributed by atoms with E-state index < -0.39 is 5.91 Å². The summed E-state index contributed by atoms with van der Waals surface area (Å²) in [5, 5.41) is 2.77. The molecule has 8 nitrogen and oxygen atoms in total. The monoisotopic (exact) mass is 430 g/mol. The number of morpholine rings is 1. The highest BCUT2D eigenvalue weighted by molar-refractivity contribution is 6.05. The van der Waals surface area contributed by atoms with Gasteiger partial charge in [0.15, 0.2) is 0 Å². The molecule has 1 aromatic heterocycles. The van der Waals surface area contributed by atoms with Crippen LogP contribution in [0.3, 0.4) is 0 Å². The standard InChI is InChI=1S/C24H22N4O4/c25-22(29)17-5-7-21(8-6-17)27-23(30)20-13-19(14-26-15-20)16-1-3-18(4-2-16)24(31)28-9-11-32-12-10-28/h1-8,13-15H,9-12H2,(H2,25,29)(H,27,30). The number of pyridine rings is 1. The summed E-state index contributed by atoms with van der Waals surface area (Å²) in [6, 6.07) is 15.3. The maximum Gasteiger partial charge on any atom is 0.257 e. The van der Waals surface area contributed by atoms with Gasteiger partial charge in [-0.3, -0.25) is 19.4 Å². The smallest absolute Gasteiger partial charge is 0.257 e. The van der Waals surface area contributed by atoms with Gasteiger partial charge in [0.2, 0.25) is 5.91 Å². The second-order valence-electron chi connectivity index (χ2n) is 7.34. The van der Waals surface area contributed by atoms with E-state index in [0.29, 0.717) is 48.7 Å². The number of ether oxygens (including phenoxy) is 1. The highest BCUT2D eigenvalue weighted by Gasteiger charge is 2.18. The van der Waals surface area contributed by atoms with Crippen molar-refractivity contribution in [3.63, 3.8) is 0 Å². The van der Waals surface area contributed by atoms with E-state index in [1.54, 1.807) is 53.6 Å². The van der Waals surface area contributed by atoms with Crippen molar-refractivity contribution in [2.45, 2.75) is 0 Å². The molecule has 4 rings (SSSR count). The van der Waals surface area contributed by atoms with Gasteiger partial charge in [-0.2, -0.15) is 0 Å². The summed E-state index contributed by atoms with van der Waals surface area (Å²) in [6.07, 6.45) is 3.14. The lowest BCUT2D eigenvalue weighted by Gasteiger charge is -2.26. The molecule has 0 aliphatic carbocycles. The highest BCUT2D eigenvalue weighted by Crippen LogP contribution is 2.21. The zero-order chi connectivity index (χ0) is 22.5. The van der Waals surface area contributed by atoms with Gasteiger partial charge >= 0.3 is 0 Å². The third-order valence-corrected chi connectivity index (χ3v) is 5.19. The van der Waals surface area contributed by atoms with Gasteiger partial charge in [-0.1, -0.05) is 12.1 Å². The first-order valence-electron chi connectivity index (χ1n) is 10.1. The van der Waals surface area contributed by atoms with Gasteiger partial charge in [-0.15, -0.1) is 0 Å². The molecule has 0 spiro atoms. The molecule has 0 atom stereocenters. The van der Waals surface area contributed by atoms with E-state index in [2.05, 4.69) is 10.3 Å². The Labute approximate surface area is 185 Å². The molecule has 1 aliphatic heterocycles. The van der Waals surface area contributed by atoms with Crippen molar-refractivity contribution in [1.82, 2.24) is 9.88 Å². The Bertz CT molecular complexity index is 1140. The number of anilines is 1. The molecule has 0 bridgehead atoms. The van der Waals surface area contributed by atoms with Crippen LogP contribution in [-0.2, 0) is 4.74 Å². The van der Waals surface area contributed by atoms with Crippen molar-refractivity contribution in [3.05, 3.63) is 83.7 Å². The fourth-order valence-electron chi connectivity index (χ4n) is 3.40. The number of rotatable bonds is 5. The van der Waals surface area contributed by atoms with Crippen molar-refractivity contribution >= 4 is 23.4 Å². The molecule has 1 fully saturated rings. The molecule has 0 unspecified atom stereocenters. The molecular formula is C24H22N4O4. The fourth-order valence-corrected chi connectivity index (χ4v) is 3.40. The molecule has 162 valence electrons. The van der Waals surface area contributed by atoms with E-state index in [4.69, 9.17) is 10.5 Å². The Morgan fingerprint density at radius 2 is 1.50 bits per heavy atom. The van der Waals surface area contributed by atoms with E-state index in [1.807, 2.05) is 12.1 Å². The van der Waals surface area contributed by atoms with E-state index >= 15 is 0 Å². The lowest BCUT2D eigenvalue weighted by Crippen LogP contribution is -2.40. The zero-order valence-electron chi connectivity index (χ0n) is 17.3. The summed E-state index contributed by atoms with van der Waals surface area (Å²) in [5.74, 6) is -0.879. The van der Waals surface area contributed by atoms with E-state index in [9.17, 15) is 14.4 Å². The fraction of sp³-hybridized carbons (Fsp3) is 0.167. The molecule has 2 aromatic carbocycles. The quantitative estimate of drug-likeness (QED) is 0.646. The topological polar surface area (TPSA) is 115 Å². The van der Waals surface area contributed by atoms with E-state index in [1.165, 1.54) is 6.20 Å². The van der Waals surface area contributed by atoms with Crippen LogP contribution in [-0.4, -0.2) is 53.9 Å². The molecule has 2 heterocycles. The Morgan fingerprint density at radius 1 is 0.844 bits per heavy atom. The Kier molecular flexibility index (Phi) is 6.23. The predicted molar refractivity (Wildman–Crippen MR) is 119 cm³/mol. The summed E-state index contributed by atoms with van der Waals surface area (Å²) in [4.78, 5) is 42.4. The number of hydrogen-bond acceptors (Lipinski definition) is 5. The maximum atomic E-state index is 12.6. The van der Waals surface area contributed by atoms with Gasteiger partial charge in [0.05, 0.1) is 18.8 Å². The Morgan fingerprint density at radius 3 is 2.16 bits per heavy atom. The van der Waals surface area contributed by atoms with Crippen LogP contribution in [0.4, 0.5) is 5.69 Å².